The maximum atomic E-state index is 12.7. The summed E-state index contributed by atoms with van der Waals surface area (Å²) in [5.74, 6) is -0.522. The van der Waals surface area contributed by atoms with Crippen molar-refractivity contribution < 1.29 is 4.79 Å². The number of nitrogens with one attached hydrogen (secondary N) is 1. The van der Waals surface area contributed by atoms with Crippen molar-refractivity contribution in [2.75, 3.05) is 0 Å². The summed E-state index contributed by atoms with van der Waals surface area (Å²) in [4.78, 5) is 15.0. The van der Waals surface area contributed by atoms with E-state index >= 15 is 0 Å². The van der Waals surface area contributed by atoms with Gasteiger partial charge in [-0.1, -0.05) is 60.7 Å². The Morgan fingerprint density at radius 3 is 2.04 bits per heavy atom. The number of carbonyl (C=O) groups is 1. The van der Waals surface area contributed by atoms with Crippen molar-refractivity contribution in [1.29, 1.82) is 0 Å². The van der Waals surface area contributed by atoms with Crippen LogP contribution in [0, 0.1) is 6.92 Å². The van der Waals surface area contributed by atoms with Gasteiger partial charge in [0.1, 0.15) is 0 Å². The predicted octanol–water partition coefficient (Wildman–Crippen LogP) is 4.34. The Morgan fingerprint density at radius 2 is 1.54 bits per heavy atom. The molecule has 2 aromatic carbocycles. The lowest BCUT2D eigenvalue weighted by atomic mass is 9.91. The van der Waals surface area contributed by atoms with E-state index in [4.69, 9.17) is 0 Å². The molecule has 24 heavy (non-hydrogen) atoms. The van der Waals surface area contributed by atoms with Crippen molar-refractivity contribution in [1.82, 2.24) is 5.43 Å². The lowest BCUT2D eigenvalue weighted by molar-refractivity contribution is -0.121. The highest BCUT2D eigenvalue weighted by molar-refractivity contribution is 7.13. The van der Waals surface area contributed by atoms with Gasteiger partial charge in [0.25, 0.3) is 5.91 Å². The molecule has 0 fully saturated rings. The summed E-state index contributed by atoms with van der Waals surface area (Å²) in [5, 5.41) is 4.11. The molecule has 0 saturated heterocycles. The zero-order chi connectivity index (χ0) is 16.8. The Bertz CT molecular complexity index is 786. The molecule has 3 aromatic rings. The first-order valence-corrected chi connectivity index (χ1v) is 8.55. The van der Waals surface area contributed by atoms with Gasteiger partial charge in [-0.2, -0.15) is 5.10 Å². The van der Waals surface area contributed by atoms with Gasteiger partial charge in [-0.15, -0.1) is 11.3 Å². The fraction of sp³-hybridized carbons (Fsp3) is 0.100. The van der Waals surface area contributed by atoms with Crippen molar-refractivity contribution in [2.45, 2.75) is 12.8 Å². The zero-order valence-corrected chi connectivity index (χ0v) is 14.2. The fourth-order valence-electron chi connectivity index (χ4n) is 2.53. The molecule has 0 aliphatic carbocycles. The van der Waals surface area contributed by atoms with Crippen LogP contribution in [-0.4, -0.2) is 12.1 Å². The minimum atomic E-state index is -0.380. The molecule has 0 radical (unpaired) electrons. The number of aryl methyl sites for hydroxylation is 1. The van der Waals surface area contributed by atoms with Gasteiger partial charge >= 0.3 is 0 Å². The average Bonchev–Trinajstić information content (AvgIpc) is 3.02. The van der Waals surface area contributed by atoms with Gasteiger partial charge in [-0.3, -0.25) is 4.79 Å². The number of rotatable bonds is 5. The molecule has 0 aliphatic heterocycles. The minimum absolute atomic E-state index is 0.142. The highest BCUT2D eigenvalue weighted by Crippen LogP contribution is 2.24. The molecule has 0 aliphatic rings. The zero-order valence-electron chi connectivity index (χ0n) is 13.3. The van der Waals surface area contributed by atoms with Gasteiger partial charge < -0.3 is 0 Å². The first-order chi connectivity index (χ1) is 11.7. The van der Waals surface area contributed by atoms with Crippen LogP contribution in [0.15, 0.2) is 77.9 Å². The molecule has 0 atom stereocenters. The Labute approximate surface area is 145 Å². The SMILES string of the molecule is Cc1ccc(/C=N\NC(=O)C(c2ccccc2)c2ccccc2)s1. The van der Waals surface area contributed by atoms with Crippen LogP contribution in [0.25, 0.3) is 0 Å². The van der Waals surface area contributed by atoms with E-state index in [0.29, 0.717) is 0 Å². The van der Waals surface area contributed by atoms with Crippen LogP contribution in [0.5, 0.6) is 0 Å². The van der Waals surface area contributed by atoms with Gasteiger partial charge in [-0.05, 0) is 30.2 Å². The first kappa shape index (κ1) is 16.1. The van der Waals surface area contributed by atoms with E-state index in [-0.39, 0.29) is 11.8 Å². The molecule has 3 rings (SSSR count). The lowest BCUT2D eigenvalue weighted by Gasteiger charge is -2.16. The summed E-state index contributed by atoms with van der Waals surface area (Å²) in [6.07, 6.45) is 1.68. The average molecular weight is 334 g/mol. The predicted molar refractivity (Wildman–Crippen MR) is 99.5 cm³/mol. The highest BCUT2D eigenvalue weighted by Gasteiger charge is 2.22. The number of thiophene rings is 1. The van der Waals surface area contributed by atoms with Crippen LogP contribution in [0.3, 0.4) is 0 Å². The maximum Gasteiger partial charge on any atom is 0.252 e. The second-order valence-corrected chi connectivity index (χ2v) is 6.76. The molecular weight excluding hydrogens is 316 g/mol. The fourth-order valence-corrected chi connectivity index (χ4v) is 3.28. The highest BCUT2D eigenvalue weighted by atomic mass is 32.1. The second-order valence-electron chi connectivity index (χ2n) is 5.44. The van der Waals surface area contributed by atoms with Gasteiger partial charge in [0.2, 0.25) is 0 Å². The topological polar surface area (TPSA) is 41.5 Å². The number of hydrogen-bond acceptors (Lipinski definition) is 3. The molecule has 1 aromatic heterocycles. The number of amides is 1. The van der Waals surface area contributed by atoms with E-state index in [2.05, 4.69) is 10.5 Å². The van der Waals surface area contributed by atoms with E-state index < -0.39 is 0 Å². The van der Waals surface area contributed by atoms with Gasteiger partial charge in [0.15, 0.2) is 0 Å². The molecule has 1 heterocycles. The first-order valence-electron chi connectivity index (χ1n) is 7.73. The van der Waals surface area contributed by atoms with Crippen molar-refractivity contribution in [2.24, 2.45) is 5.10 Å². The Balaban J connectivity index is 1.80. The molecule has 0 saturated carbocycles. The molecule has 0 bridgehead atoms. The van der Waals surface area contributed by atoms with E-state index in [1.165, 1.54) is 4.88 Å². The van der Waals surface area contributed by atoms with Crippen LogP contribution in [-0.2, 0) is 4.79 Å². The van der Waals surface area contributed by atoms with Crippen molar-refractivity contribution in [3.05, 3.63) is 93.7 Å². The number of nitrogens with zero attached hydrogens (tertiary/aromatic N) is 1. The smallest absolute Gasteiger partial charge is 0.252 e. The summed E-state index contributed by atoms with van der Waals surface area (Å²) < 4.78 is 0. The molecule has 1 amide bonds. The number of benzene rings is 2. The summed E-state index contributed by atoms with van der Waals surface area (Å²) in [7, 11) is 0. The van der Waals surface area contributed by atoms with Crippen LogP contribution >= 0.6 is 11.3 Å². The minimum Gasteiger partial charge on any atom is -0.272 e. The Morgan fingerprint density at radius 1 is 0.958 bits per heavy atom. The molecule has 3 nitrogen and oxygen atoms in total. The summed E-state index contributed by atoms with van der Waals surface area (Å²) in [6, 6.07) is 23.5. The van der Waals surface area contributed by atoms with Crippen LogP contribution in [0.1, 0.15) is 26.8 Å². The van der Waals surface area contributed by atoms with Crippen molar-refractivity contribution in [3.8, 4) is 0 Å². The summed E-state index contributed by atoms with van der Waals surface area (Å²) in [5.41, 5.74) is 4.57. The normalized spacial score (nSPS) is 11.1. The lowest BCUT2D eigenvalue weighted by Crippen LogP contribution is -2.26. The largest absolute Gasteiger partial charge is 0.272 e. The number of hydrogen-bond donors (Lipinski definition) is 1. The molecular formula is C20H18N2OS. The number of carbonyl (C=O) groups excluding carboxylic acids is 1. The van der Waals surface area contributed by atoms with E-state index in [1.54, 1.807) is 17.6 Å². The van der Waals surface area contributed by atoms with Crippen LogP contribution < -0.4 is 5.43 Å². The third kappa shape index (κ3) is 3.97. The summed E-state index contributed by atoms with van der Waals surface area (Å²) >= 11 is 1.64. The van der Waals surface area contributed by atoms with Gasteiger partial charge in [0, 0.05) is 9.75 Å². The molecule has 0 unspecified atom stereocenters. The third-order valence-corrected chi connectivity index (χ3v) is 4.59. The van der Waals surface area contributed by atoms with Gasteiger partial charge in [0.05, 0.1) is 12.1 Å². The number of hydrazone groups is 1. The van der Waals surface area contributed by atoms with E-state index in [0.717, 1.165) is 16.0 Å². The molecule has 4 heteroatoms. The summed E-state index contributed by atoms with van der Waals surface area (Å²) in [6.45, 7) is 2.04. The molecule has 1 N–H and O–H groups in total. The van der Waals surface area contributed by atoms with Gasteiger partial charge in [-0.25, -0.2) is 5.43 Å². The monoisotopic (exact) mass is 334 g/mol. The Kier molecular flexibility index (Phi) is 5.18. The van der Waals surface area contributed by atoms with E-state index in [9.17, 15) is 4.79 Å². The maximum absolute atomic E-state index is 12.7. The molecule has 0 spiro atoms. The van der Waals surface area contributed by atoms with Crippen molar-refractivity contribution >= 4 is 23.5 Å². The molecule has 120 valence electrons. The van der Waals surface area contributed by atoms with Crippen LogP contribution in [0.4, 0.5) is 0 Å². The third-order valence-electron chi connectivity index (χ3n) is 3.66. The van der Waals surface area contributed by atoms with Crippen LogP contribution in [0.2, 0.25) is 0 Å². The quantitative estimate of drug-likeness (QED) is 0.547. The standard InChI is InChI=1S/C20H18N2OS/c1-15-12-13-18(24-15)14-21-22-20(23)19(16-8-4-2-5-9-16)17-10-6-3-7-11-17/h2-14,19H,1H3,(H,22,23)/b21-14-. The second kappa shape index (κ2) is 7.70. The van der Waals surface area contributed by atoms with Crippen molar-refractivity contribution in [3.63, 3.8) is 0 Å². The Hall–Kier alpha value is -2.72. The van der Waals surface area contributed by atoms with E-state index in [1.807, 2.05) is 79.7 Å².